The average Bonchev–Trinajstić information content (AvgIpc) is 3.41. The molecule has 1 saturated heterocycles. The van der Waals surface area contributed by atoms with E-state index < -0.39 is 0 Å². The molecule has 1 saturated carbocycles. The first kappa shape index (κ1) is 19.2. The molecule has 1 spiro atoms. The number of carbonyl (C=O) groups is 2. The van der Waals surface area contributed by atoms with Crippen LogP contribution in [0, 0.1) is 18.3 Å². The van der Waals surface area contributed by atoms with Gasteiger partial charge in [-0.2, -0.15) is 0 Å². The van der Waals surface area contributed by atoms with Crippen molar-refractivity contribution in [3.63, 3.8) is 0 Å². The molecule has 2 fully saturated rings. The lowest BCUT2D eigenvalue weighted by atomic mass is 9.90. The highest BCUT2D eigenvalue weighted by atomic mass is 16.2. The van der Waals surface area contributed by atoms with Gasteiger partial charge < -0.3 is 10.2 Å². The van der Waals surface area contributed by atoms with Crippen LogP contribution in [0.3, 0.4) is 0 Å². The van der Waals surface area contributed by atoms with Crippen LogP contribution in [0.15, 0.2) is 29.8 Å². The predicted octanol–water partition coefficient (Wildman–Crippen LogP) is 3.53. The van der Waals surface area contributed by atoms with E-state index in [4.69, 9.17) is 0 Å². The van der Waals surface area contributed by atoms with E-state index in [0.29, 0.717) is 13.0 Å². The molecule has 1 unspecified atom stereocenters. The van der Waals surface area contributed by atoms with Crippen molar-refractivity contribution in [2.24, 2.45) is 11.3 Å². The van der Waals surface area contributed by atoms with Crippen LogP contribution in [0.2, 0.25) is 0 Å². The van der Waals surface area contributed by atoms with E-state index in [2.05, 4.69) is 16.4 Å². The number of aromatic nitrogens is 1. The fraction of sp³-hybridized carbons (Fsp3) is 0.609. The van der Waals surface area contributed by atoms with E-state index >= 15 is 0 Å². The van der Waals surface area contributed by atoms with Gasteiger partial charge in [-0.25, -0.2) is 0 Å². The number of nitrogens with one attached hydrogen (secondary N) is 1. The molecular weight excluding hydrogens is 350 g/mol. The Morgan fingerprint density at radius 2 is 2.07 bits per heavy atom. The van der Waals surface area contributed by atoms with Gasteiger partial charge in [-0.15, -0.1) is 0 Å². The van der Waals surface area contributed by atoms with Crippen LogP contribution in [0.1, 0.15) is 62.8 Å². The zero-order valence-corrected chi connectivity index (χ0v) is 16.9. The molecule has 4 rings (SSSR count). The molecule has 0 bridgehead atoms. The van der Waals surface area contributed by atoms with Gasteiger partial charge in [0.1, 0.15) is 0 Å². The molecule has 2 aliphatic carbocycles. The second kappa shape index (κ2) is 8.06. The summed E-state index contributed by atoms with van der Waals surface area (Å²) >= 11 is 0. The van der Waals surface area contributed by atoms with Crippen LogP contribution >= 0.6 is 0 Å². The maximum absolute atomic E-state index is 12.6. The smallest absolute Gasteiger partial charge is 0.226 e. The van der Waals surface area contributed by atoms with E-state index in [1.807, 2.05) is 30.0 Å². The summed E-state index contributed by atoms with van der Waals surface area (Å²) in [6.07, 6.45) is 10.4. The minimum atomic E-state index is 0.107. The van der Waals surface area contributed by atoms with Gasteiger partial charge in [0, 0.05) is 31.1 Å². The molecule has 28 heavy (non-hydrogen) atoms. The molecule has 0 radical (unpaired) electrons. The molecule has 2 amide bonds. The van der Waals surface area contributed by atoms with Crippen LogP contribution in [0.5, 0.6) is 0 Å². The minimum Gasteiger partial charge on any atom is -0.350 e. The molecule has 1 aromatic rings. The molecule has 2 heterocycles. The minimum absolute atomic E-state index is 0.107. The van der Waals surface area contributed by atoms with Crippen molar-refractivity contribution in [2.75, 3.05) is 13.1 Å². The normalized spacial score (nSPS) is 23.2. The first-order valence-electron chi connectivity index (χ1n) is 10.7. The van der Waals surface area contributed by atoms with Crippen LogP contribution < -0.4 is 5.32 Å². The highest BCUT2D eigenvalue weighted by molar-refractivity contribution is 5.83. The largest absolute Gasteiger partial charge is 0.350 e. The van der Waals surface area contributed by atoms with E-state index in [9.17, 15) is 9.59 Å². The molecule has 5 heteroatoms. The third kappa shape index (κ3) is 4.29. The van der Waals surface area contributed by atoms with Gasteiger partial charge >= 0.3 is 0 Å². The lowest BCUT2D eigenvalue weighted by molar-refractivity contribution is -0.132. The Labute approximate surface area is 167 Å². The summed E-state index contributed by atoms with van der Waals surface area (Å²) in [6, 6.07) is 5.88. The fourth-order valence-electron chi connectivity index (χ4n) is 4.84. The highest BCUT2D eigenvalue weighted by Crippen LogP contribution is 2.59. The second-order valence-corrected chi connectivity index (χ2v) is 8.77. The standard InChI is InChI=1S/C23H31N3O2/c1-17-6-5-9-19(25-17)16-24-22(28)20-15-23(20)10-12-26(13-11-23)21(27)14-18-7-3-2-4-8-18/h5-7,9,20H,2-4,8,10-16H2,1H3,(H,24,28). The number of piperidine rings is 1. The Morgan fingerprint density at radius 1 is 1.25 bits per heavy atom. The van der Waals surface area contributed by atoms with E-state index in [1.165, 1.54) is 18.4 Å². The zero-order valence-electron chi connectivity index (χ0n) is 16.9. The van der Waals surface area contributed by atoms with Gasteiger partial charge in [-0.3, -0.25) is 14.6 Å². The average molecular weight is 382 g/mol. The number of hydrogen-bond acceptors (Lipinski definition) is 3. The van der Waals surface area contributed by atoms with Crippen molar-refractivity contribution in [3.05, 3.63) is 41.2 Å². The van der Waals surface area contributed by atoms with Crippen LogP contribution in [-0.4, -0.2) is 34.8 Å². The maximum atomic E-state index is 12.6. The number of allylic oxidation sites excluding steroid dienone is 1. The quantitative estimate of drug-likeness (QED) is 0.794. The molecule has 1 aromatic heterocycles. The van der Waals surface area contributed by atoms with Gasteiger partial charge in [0.25, 0.3) is 0 Å². The van der Waals surface area contributed by atoms with Crippen molar-refractivity contribution in [1.82, 2.24) is 15.2 Å². The van der Waals surface area contributed by atoms with E-state index in [1.54, 1.807) is 0 Å². The number of rotatable bonds is 5. The topological polar surface area (TPSA) is 62.3 Å². The summed E-state index contributed by atoms with van der Waals surface area (Å²) in [6.45, 7) is 4.05. The van der Waals surface area contributed by atoms with Crippen LogP contribution in [-0.2, 0) is 16.1 Å². The van der Waals surface area contributed by atoms with Gasteiger partial charge in [0.15, 0.2) is 0 Å². The Morgan fingerprint density at radius 3 is 2.79 bits per heavy atom. The third-order valence-corrected chi connectivity index (χ3v) is 6.77. The summed E-state index contributed by atoms with van der Waals surface area (Å²) in [7, 11) is 0. The van der Waals surface area contributed by atoms with Crippen LogP contribution in [0.4, 0.5) is 0 Å². The summed E-state index contributed by atoms with van der Waals surface area (Å²) < 4.78 is 0. The molecular formula is C23H31N3O2. The van der Waals surface area contributed by atoms with Crippen molar-refractivity contribution in [3.8, 4) is 0 Å². The first-order chi connectivity index (χ1) is 13.6. The van der Waals surface area contributed by atoms with E-state index in [0.717, 1.165) is 56.6 Å². The summed E-state index contributed by atoms with van der Waals surface area (Å²) in [5.41, 5.74) is 3.33. The van der Waals surface area contributed by atoms with Gasteiger partial charge in [-0.1, -0.05) is 17.7 Å². The predicted molar refractivity (Wildman–Crippen MR) is 108 cm³/mol. The number of aryl methyl sites for hydroxylation is 1. The van der Waals surface area contributed by atoms with E-state index in [-0.39, 0.29) is 23.1 Å². The molecule has 1 N–H and O–H groups in total. The Balaban J connectivity index is 1.23. The molecule has 1 atom stereocenters. The second-order valence-electron chi connectivity index (χ2n) is 8.77. The number of hydrogen-bond donors (Lipinski definition) is 1. The lowest BCUT2D eigenvalue weighted by Gasteiger charge is -2.33. The molecule has 1 aliphatic heterocycles. The lowest BCUT2D eigenvalue weighted by Crippen LogP contribution is -2.40. The van der Waals surface area contributed by atoms with Crippen LogP contribution in [0.25, 0.3) is 0 Å². The summed E-state index contributed by atoms with van der Waals surface area (Å²) in [5.74, 6) is 0.529. The number of carbonyl (C=O) groups excluding carboxylic acids is 2. The first-order valence-corrected chi connectivity index (χ1v) is 10.7. The highest BCUT2D eigenvalue weighted by Gasteiger charge is 2.58. The van der Waals surface area contributed by atoms with Gasteiger partial charge in [-0.05, 0) is 69.4 Å². The Bertz CT molecular complexity index is 778. The van der Waals surface area contributed by atoms with Crippen molar-refractivity contribution < 1.29 is 9.59 Å². The summed E-state index contributed by atoms with van der Waals surface area (Å²) in [5, 5.41) is 3.06. The number of pyridine rings is 1. The molecule has 150 valence electrons. The molecule has 0 aromatic carbocycles. The molecule has 3 aliphatic rings. The number of likely N-dealkylation sites (tertiary alicyclic amines) is 1. The van der Waals surface area contributed by atoms with Crippen molar-refractivity contribution in [1.29, 1.82) is 0 Å². The third-order valence-electron chi connectivity index (χ3n) is 6.77. The Kier molecular flexibility index (Phi) is 5.51. The molecule has 5 nitrogen and oxygen atoms in total. The van der Waals surface area contributed by atoms with Gasteiger partial charge in [0.05, 0.1) is 12.2 Å². The zero-order chi connectivity index (χ0) is 19.6. The van der Waals surface area contributed by atoms with Crippen molar-refractivity contribution in [2.45, 2.75) is 64.8 Å². The number of nitrogens with zero attached hydrogens (tertiary/aromatic N) is 2. The fourth-order valence-corrected chi connectivity index (χ4v) is 4.84. The number of amides is 2. The van der Waals surface area contributed by atoms with Gasteiger partial charge in [0.2, 0.25) is 11.8 Å². The SMILES string of the molecule is Cc1cccc(CNC(=O)C2CC23CCN(C(=O)CC2=CCCCC2)CC3)n1. The Hall–Kier alpha value is -2.17. The van der Waals surface area contributed by atoms with Crippen molar-refractivity contribution >= 4 is 11.8 Å². The monoisotopic (exact) mass is 381 g/mol. The maximum Gasteiger partial charge on any atom is 0.226 e. The summed E-state index contributed by atoms with van der Waals surface area (Å²) in [4.78, 5) is 31.6.